The van der Waals surface area contributed by atoms with Crippen molar-refractivity contribution < 1.29 is 4.74 Å². The Balaban J connectivity index is 1.69. The van der Waals surface area contributed by atoms with E-state index in [2.05, 4.69) is 15.3 Å². The Hall–Kier alpha value is -1.20. The standard InChI is InChI=1S/C10H14N4O/c11-7-6-2-5-15-9(6)8(7)14-10-12-3-1-4-13-10/h1,3-4,6-9H,2,5,11H2,(H,12,13,14). The third-order valence-electron chi connectivity index (χ3n) is 3.31. The summed E-state index contributed by atoms with van der Waals surface area (Å²) in [5, 5.41) is 3.23. The van der Waals surface area contributed by atoms with Crippen molar-refractivity contribution in [2.24, 2.45) is 11.7 Å². The van der Waals surface area contributed by atoms with Crippen molar-refractivity contribution in [3.63, 3.8) is 0 Å². The number of nitrogens with two attached hydrogens (primary N) is 1. The largest absolute Gasteiger partial charge is 0.376 e. The van der Waals surface area contributed by atoms with Crippen LogP contribution in [0.25, 0.3) is 0 Å². The smallest absolute Gasteiger partial charge is 0.222 e. The summed E-state index contributed by atoms with van der Waals surface area (Å²) in [4.78, 5) is 8.23. The van der Waals surface area contributed by atoms with Gasteiger partial charge in [0.2, 0.25) is 5.95 Å². The maximum atomic E-state index is 6.06. The molecule has 4 atom stereocenters. The van der Waals surface area contributed by atoms with E-state index in [4.69, 9.17) is 10.5 Å². The number of nitrogens with zero attached hydrogens (tertiary/aromatic N) is 2. The number of fused-ring (bicyclic) bond motifs is 1. The summed E-state index contributed by atoms with van der Waals surface area (Å²) in [6.07, 6.45) is 4.77. The van der Waals surface area contributed by atoms with E-state index >= 15 is 0 Å². The molecule has 2 fully saturated rings. The fourth-order valence-corrected chi connectivity index (χ4v) is 2.45. The maximum Gasteiger partial charge on any atom is 0.222 e. The van der Waals surface area contributed by atoms with Crippen molar-refractivity contribution in [1.82, 2.24) is 9.97 Å². The molecule has 1 aromatic rings. The highest BCUT2D eigenvalue weighted by Crippen LogP contribution is 2.38. The molecule has 0 bridgehead atoms. The van der Waals surface area contributed by atoms with E-state index < -0.39 is 0 Å². The van der Waals surface area contributed by atoms with Crippen LogP contribution in [0, 0.1) is 5.92 Å². The first-order chi connectivity index (χ1) is 7.36. The van der Waals surface area contributed by atoms with Crippen molar-refractivity contribution in [2.75, 3.05) is 11.9 Å². The van der Waals surface area contributed by atoms with Crippen LogP contribution in [0.4, 0.5) is 5.95 Å². The van der Waals surface area contributed by atoms with E-state index in [1.165, 1.54) is 0 Å². The Bertz CT molecular complexity index is 345. The van der Waals surface area contributed by atoms with E-state index in [9.17, 15) is 0 Å². The molecule has 1 aliphatic carbocycles. The molecule has 2 aliphatic rings. The summed E-state index contributed by atoms with van der Waals surface area (Å²) >= 11 is 0. The first-order valence-electron chi connectivity index (χ1n) is 5.27. The molecule has 0 spiro atoms. The van der Waals surface area contributed by atoms with Gasteiger partial charge in [-0.3, -0.25) is 0 Å². The minimum atomic E-state index is 0.167. The third-order valence-corrected chi connectivity index (χ3v) is 3.31. The van der Waals surface area contributed by atoms with E-state index in [1.807, 2.05) is 0 Å². The lowest BCUT2D eigenvalue weighted by atomic mass is 9.72. The van der Waals surface area contributed by atoms with Crippen LogP contribution in [0.15, 0.2) is 18.5 Å². The van der Waals surface area contributed by atoms with Gasteiger partial charge in [0.1, 0.15) is 0 Å². The van der Waals surface area contributed by atoms with Gasteiger partial charge in [-0.15, -0.1) is 0 Å². The van der Waals surface area contributed by atoms with Crippen LogP contribution in [0.2, 0.25) is 0 Å². The first kappa shape index (κ1) is 9.06. The number of anilines is 1. The molecule has 4 unspecified atom stereocenters. The molecule has 1 saturated carbocycles. The molecule has 1 aromatic heterocycles. The molecule has 80 valence electrons. The van der Waals surface area contributed by atoms with Crippen LogP contribution < -0.4 is 11.1 Å². The molecule has 0 aromatic carbocycles. The summed E-state index contributed by atoms with van der Waals surface area (Å²) in [6, 6.07) is 2.13. The van der Waals surface area contributed by atoms with Crippen molar-refractivity contribution in [3.8, 4) is 0 Å². The van der Waals surface area contributed by atoms with Crippen LogP contribution >= 0.6 is 0 Å². The Labute approximate surface area is 88.1 Å². The summed E-state index contributed by atoms with van der Waals surface area (Å²) < 4.78 is 5.61. The Kier molecular flexibility index (Phi) is 2.07. The second kappa shape index (κ2) is 3.43. The number of ether oxygens (including phenoxy) is 1. The average Bonchev–Trinajstić information content (AvgIpc) is 2.72. The predicted octanol–water partition coefficient (Wildman–Crippen LogP) is 0.00310. The van der Waals surface area contributed by atoms with Crippen LogP contribution in [-0.2, 0) is 4.74 Å². The van der Waals surface area contributed by atoms with Crippen molar-refractivity contribution in [1.29, 1.82) is 0 Å². The van der Waals surface area contributed by atoms with Crippen LogP contribution in [0.1, 0.15) is 6.42 Å². The number of hydrogen-bond acceptors (Lipinski definition) is 5. The zero-order valence-corrected chi connectivity index (χ0v) is 8.34. The molecule has 0 radical (unpaired) electrons. The van der Waals surface area contributed by atoms with E-state index in [-0.39, 0.29) is 18.2 Å². The minimum Gasteiger partial charge on any atom is -0.376 e. The average molecular weight is 206 g/mol. The molecule has 2 heterocycles. The molecule has 3 N–H and O–H groups in total. The third kappa shape index (κ3) is 1.39. The Morgan fingerprint density at radius 1 is 1.40 bits per heavy atom. The Morgan fingerprint density at radius 2 is 2.20 bits per heavy atom. The SMILES string of the molecule is NC1C2CCOC2C1Nc1ncccn1. The van der Waals surface area contributed by atoms with E-state index in [0.29, 0.717) is 11.9 Å². The highest BCUT2D eigenvalue weighted by Gasteiger charge is 2.52. The van der Waals surface area contributed by atoms with Gasteiger partial charge in [0, 0.05) is 31.0 Å². The van der Waals surface area contributed by atoms with Gasteiger partial charge in [-0.1, -0.05) is 0 Å². The molecule has 1 saturated heterocycles. The molecule has 5 heteroatoms. The van der Waals surface area contributed by atoms with E-state index in [0.717, 1.165) is 13.0 Å². The topological polar surface area (TPSA) is 73.1 Å². The maximum absolute atomic E-state index is 6.06. The highest BCUT2D eigenvalue weighted by atomic mass is 16.5. The molecule has 1 aliphatic heterocycles. The van der Waals surface area contributed by atoms with Gasteiger partial charge >= 0.3 is 0 Å². The van der Waals surface area contributed by atoms with Crippen molar-refractivity contribution in [2.45, 2.75) is 24.6 Å². The van der Waals surface area contributed by atoms with Crippen LogP contribution in [0.3, 0.4) is 0 Å². The normalized spacial score (nSPS) is 38.2. The lowest BCUT2D eigenvalue weighted by molar-refractivity contribution is 0.00509. The first-order valence-corrected chi connectivity index (χ1v) is 5.27. The quantitative estimate of drug-likeness (QED) is 0.712. The van der Waals surface area contributed by atoms with Gasteiger partial charge in [-0.05, 0) is 12.5 Å². The van der Waals surface area contributed by atoms with Gasteiger partial charge in [-0.2, -0.15) is 0 Å². The fourth-order valence-electron chi connectivity index (χ4n) is 2.45. The lowest BCUT2D eigenvalue weighted by Crippen LogP contribution is -2.65. The molecule has 15 heavy (non-hydrogen) atoms. The van der Waals surface area contributed by atoms with Gasteiger partial charge in [0.25, 0.3) is 0 Å². The van der Waals surface area contributed by atoms with Gasteiger partial charge in [-0.25, -0.2) is 9.97 Å². The second-order valence-corrected chi connectivity index (χ2v) is 4.11. The lowest BCUT2D eigenvalue weighted by Gasteiger charge is -2.45. The molecular formula is C10H14N4O. The van der Waals surface area contributed by atoms with E-state index in [1.54, 1.807) is 18.5 Å². The number of aromatic nitrogens is 2. The van der Waals surface area contributed by atoms with Gasteiger partial charge in [0.05, 0.1) is 12.1 Å². The minimum absolute atomic E-state index is 0.167. The predicted molar refractivity (Wildman–Crippen MR) is 55.3 cm³/mol. The van der Waals surface area contributed by atoms with Gasteiger partial charge in [0.15, 0.2) is 0 Å². The summed E-state index contributed by atoms with van der Waals surface area (Å²) in [6.45, 7) is 0.830. The Morgan fingerprint density at radius 3 is 3.00 bits per heavy atom. The highest BCUT2D eigenvalue weighted by molar-refractivity contribution is 5.30. The second-order valence-electron chi connectivity index (χ2n) is 4.11. The summed E-state index contributed by atoms with van der Waals surface area (Å²) in [5.41, 5.74) is 6.06. The molecule has 5 nitrogen and oxygen atoms in total. The number of nitrogens with one attached hydrogen (secondary N) is 1. The number of hydrogen-bond donors (Lipinski definition) is 2. The fraction of sp³-hybridized carbons (Fsp3) is 0.600. The monoisotopic (exact) mass is 206 g/mol. The van der Waals surface area contributed by atoms with Crippen molar-refractivity contribution >= 4 is 5.95 Å². The molecule has 0 amide bonds. The van der Waals surface area contributed by atoms with Crippen LogP contribution in [-0.4, -0.2) is 34.8 Å². The molecular weight excluding hydrogens is 192 g/mol. The number of rotatable bonds is 2. The van der Waals surface area contributed by atoms with Crippen molar-refractivity contribution in [3.05, 3.63) is 18.5 Å². The van der Waals surface area contributed by atoms with Crippen LogP contribution in [0.5, 0.6) is 0 Å². The van der Waals surface area contributed by atoms with Gasteiger partial charge < -0.3 is 15.8 Å². The zero-order valence-electron chi connectivity index (χ0n) is 8.34. The summed E-state index contributed by atoms with van der Waals surface area (Å²) in [5.74, 6) is 1.15. The molecule has 3 rings (SSSR count). The summed E-state index contributed by atoms with van der Waals surface area (Å²) in [7, 11) is 0. The zero-order chi connectivity index (χ0) is 10.3.